The van der Waals surface area contributed by atoms with E-state index < -0.39 is 0 Å². The Morgan fingerprint density at radius 1 is 0.833 bits per heavy atom. The van der Waals surface area contributed by atoms with Gasteiger partial charge in [0.2, 0.25) is 5.91 Å². The van der Waals surface area contributed by atoms with E-state index in [0.29, 0.717) is 11.8 Å². The molecule has 0 aromatic heterocycles. The van der Waals surface area contributed by atoms with Crippen molar-refractivity contribution in [2.24, 2.45) is 5.92 Å². The van der Waals surface area contributed by atoms with Crippen LogP contribution in [-0.2, 0) is 4.79 Å². The Kier molecular flexibility index (Phi) is 13.3. The molecule has 0 bridgehead atoms. The van der Waals surface area contributed by atoms with Crippen LogP contribution in [0.3, 0.4) is 0 Å². The van der Waals surface area contributed by atoms with Crippen LogP contribution >= 0.6 is 0 Å². The number of hydrogen-bond donors (Lipinski definition) is 0. The Morgan fingerprint density at radius 3 is 1.83 bits per heavy atom. The Morgan fingerprint density at radius 2 is 1.33 bits per heavy atom. The Balaban J connectivity index is 1.81. The second-order valence-electron chi connectivity index (χ2n) is 8.08. The second-order valence-corrected chi connectivity index (χ2v) is 8.08. The van der Waals surface area contributed by atoms with Gasteiger partial charge < -0.3 is 4.90 Å². The number of amides is 1. The van der Waals surface area contributed by atoms with Gasteiger partial charge in [0.15, 0.2) is 0 Å². The van der Waals surface area contributed by atoms with E-state index in [9.17, 15) is 4.79 Å². The van der Waals surface area contributed by atoms with Gasteiger partial charge in [-0.25, -0.2) is 0 Å². The quantitative estimate of drug-likeness (QED) is 0.322. The lowest BCUT2D eigenvalue weighted by molar-refractivity contribution is -0.133. The van der Waals surface area contributed by atoms with Gasteiger partial charge in [0.05, 0.1) is 0 Å². The molecule has 0 saturated carbocycles. The normalized spacial score (nSPS) is 18.1. The molecule has 2 heteroatoms. The SMILES string of the molecule is CCCCCCCCCCCCCCCC(=O)N1CCCC(C)C1. The fraction of sp³-hybridized carbons (Fsp3) is 0.955. The number of nitrogens with zero attached hydrogens (tertiary/aromatic N) is 1. The molecule has 0 radical (unpaired) electrons. The summed E-state index contributed by atoms with van der Waals surface area (Å²) in [7, 11) is 0. The number of hydrogen-bond acceptors (Lipinski definition) is 1. The van der Waals surface area contributed by atoms with E-state index in [1.165, 1.54) is 89.9 Å². The molecule has 0 aliphatic carbocycles. The van der Waals surface area contributed by atoms with Crippen molar-refractivity contribution in [1.82, 2.24) is 4.90 Å². The molecule has 142 valence electrons. The van der Waals surface area contributed by atoms with Gasteiger partial charge in [-0.15, -0.1) is 0 Å². The van der Waals surface area contributed by atoms with Crippen molar-refractivity contribution >= 4 is 5.91 Å². The van der Waals surface area contributed by atoms with Gasteiger partial charge in [0, 0.05) is 19.5 Å². The fourth-order valence-electron chi connectivity index (χ4n) is 3.87. The lowest BCUT2D eigenvalue weighted by atomic mass is 9.99. The fourth-order valence-corrected chi connectivity index (χ4v) is 3.87. The largest absolute Gasteiger partial charge is 0.342 e. The average Bonchev–Trinajstić information content (AvgIpc) is 2.59. The zero-order chi connectivity index (χ0) is 17.5. The summed E-state index contributed by atoms with van der Waals surface area (Å²) in [5.74, 6) is 1.11. The van der Waals surface area contributed by atoms with E-state index in [-0.39, 0.29) is 0 Å². The summed E-state index contributed by atoms with van der Waals surface area (Å²) in [6.45, 7) is 6.55. The molecule has 1 aliphatic heterocycles. The number of carbonyl (C=O) groups excluding carboxylic acids is 1. The van der Waals surface area contributed by atoms with Gasteiger partial charge in [-0.2, -0.15) is 0 Å². The summed E-state index contributed by atoms with van der Waals surface area (Å²) in [6.07, 6.45) is 21.1. The van der Waals surface area contributed by atoms with E-state index in [2.05, 4.69) is 18.7 Å². The molecule has 1 amide bonds. The zero-order valence-corrected chi connectivity index (χ0v) is 16.7. The highest BCUT2D eigenvalue weighted by Gasteiger charge is 2.20. The van der Waals surface area contributed by atoms with E-state index in [1.54, 1.807) is 0 Å². The van der Waals surface area contributed by atoms with Crippen molar-refractivity contribution in [2.75, 3.05) is 13.1 Å². The molecular weight excluding hydrogens is 294 g/mol. The first-order valence-electron chi connectivity index (χ1n) is 11.0. The van der Waals surface area contributed by atoms with Gasteiger partial charge in [-0.05, 0) is 25.2 Å². The summed E-state index contributed by atoms with van der Waals surface area (Å²) in [4.78, 5) is 14.3. The van der Waals surface area contributed by atoms with Gasteiger partial charge in [-0.3, -0.25) is 4.79 Å². The van der Waals surface area contributed by atoms with E-state index in [0.717, 1.165) is 25.9 Å². The minimum absolute atomic E-state index is 0.407. The summed E-state index contributed by atoms with van der Waals surface area (Å²) in [5, 5.41) is 0. The summed E-state index contributed by atoms with van der Waals surface area (Å²) >= 11 is 0. The van der Waals surface area contributed by atoms with Crippen molar-refractivity contribution in [3.05, 3.63) is 0 Å². The third-order valence-corrected chi connectivity index (χ3v) is 5.50. The highest BCUT2D eigenvalue weighted by atomic mass is 16.2. The highest BCUT2D eigenvalue weighted by Crippen LogP contribution is 2.17. The van der Waals surface area contributed by atoms with Crippen LogP contribution in [0.2, 0.25) is 0 Å². The van der Waals surface area contributed by atoms with Gasteiger partial charge in [-0.1, -0.05) is 90.9 Å². The predicted octanol–water partition coefficient (Wildman–Crippen LogP) is 6.73. The Hall–Kier alpha value is -0.530. The summed E-state index contributed by atoms with van der Waals surface area (Å²) in [6, 6.07) is 0. The topological polar surface area (TPSA) is 20.3 Å². The van der Waals surface area contributed by atoms with Crippen LogP contribution in [0.15, 0.2) is 0 Å². The molecule has 0 N–H and O–H groups in total. The van der Waals surface area contributed by atoms with Crippen LogP contribution in [0.5, 0.6) is 0 Å². The van der Waals surface area contributed by atoms with Gasteiger partial charge >= 0.3 is 0 Å². The monoisotopic (exact) mass is 337 g/mol. The van der Waals surface area contributed by atoms with E-state index >= 15 is 0 Å². The molecular formula is C22H43NO. The second kappa shape index (κ2) is 14.8. The number of carbonyl (C=O) groups is 1. The molecule has 24 heavy (non-hydrogen) atoms. The number of likely N-dealkylation sites (tertiary alicyclic amines) is 1. The summed E-state index contributed by atoms with van der Waals surface area (Å²) < 4.78 is 0. The third kappa shape index (κ3) is 11.1. The molecule has 1 atom stereocenters. The number of rotatable bonds is 14. The molecule has 2 nitrogen and oxygen atoms in total. The number of piperidine rings is 1. The molecule has 1 fully saturated rings. The minimum atomic E-state index is 0.407. The maximum atomic E-state index is 12.2. The first kappa shape index (κ1) is 21.5. The Bertz CT molecular complexity index is 302. The molecule has 0 aromatic carbocycles. The van der Waals surface area contributed by atoms with Crippen LogP contribution in [-0.4, -0.2) is 23.9 Å². The maximum absolute atomic E-state index is 12.2. The molecule has 1 unspecified atom stereocenters. The molecule has 1 heterocycles. The van der Waals surface area contributed by atoms with Gasteiger partial charge in [0.1, 0.15) is 0 Å². The molecule has 0 spiro atoms. The maximum Gasteiger partial charge on any atom is 0.222 e. The van der Waals surface area contributed by atoms with Crippen LogP contribution in [0.4, 0.5) is 0 Å². The van der Waals surface area contributed by atoms with Gasteiger partial charge in [0.25, 0.3) is 0 Å². The minimum Gasteiger partial charge on any atom is -0.342 e. The highest BCUT2D eigenvalue weighted by molar-refractivity contribution is 5.76. The van der Waals surface area contributed by atoms with Crippen LogP contribution in [0, 0.1) is 5.92 Å². The Labute approximate surface area is 151 Å². The van der Waals surface area contributed by atoms with Crippen LogP contribution in [0.25, 0.3) is 0 Å². The van der Waals surface area contributed by atoms with Crippen molar-refractivity contribution in [1.29, 1.82) is 0 Å². The van der Waals surface area contributed by atoms with Crippen molar-refractivity contribution < 1.29 is 4.79 Å². The standard InChI is InChI=1S/C22H43NO/c1-3-4-5-6-7-8-9-10-11-12-13-14-15-18-22(24)23-19-16-17-21(2)20-23/h21H,3-20H2,1-2H3. The van der Waals surface area contributed by atoms with Crippen molar-refractivity contribution in [3.8, 4) is 0 Å². The smallest absolute Gasteiger partial charge is 0.222 e. The zero-order valence-electron chi connectivity index (χ0n) is 16.7. The lowest BCUT2D eigenvalue weighted by Gasteiger charge is -2.31. The summed E-state index contributed by atoms with van der Waals surface area (Å²) in [5.41, 5.74) is 0. The van der Waals surface area contributed by atoms with E-state index in [4.69, 9.17) is 0 Å². The number of unbranched alkanes of at least 4 members (excludes halogenated alkanes) is 12. The lowest BCUT2D eigenvalue weighted by Crippen LogP contribution is -2.38. The molecule has 1 rings (SSSR count). The van der Waals surface area contributed by atoms with Crippen LogP contribution in [0.1, 0.15) is 117 Å². The first-order valence-corrected chi connectivity index (χ1v) is 11.0. The molecule has 1 aliphatic rings. The molecule has 0 aromatic rings. The predicted molar refractivity (Wildman–Crippen MR) is 105 cm³/mol. The van der Waals surface area contributed by atoms with Crippen LogP contribution < -0.4 is 0 Å². The van der Waals surface area contributed by atoms with Crippen molar-refractivity contribution in [2.45, 2.75) is 117 Å². The first-order chi connectivity index (χ1) is 11.7. The third-order valence-electron chi connectivity index (χ3n) is 5.50. The van der Waals surface area contributed by atoms with Crippen molar-refractivity contribution in [3.63, 3.8) is 0 Å². The van der Waals surface area contributed by atoms with E-state index in [1.807, 2.05) is 0 Å². The average molecular weight is 338 g/mol. The molecule has 1 saturated heterocycles.